The Bertz CT molecular complexity index is 1110. The number of halogens is 4. The highest BCUT2D eigenvalue weighted by atomic mass is 35.5. The molecule has 29 heavy (non-hydrogen) atoms. The number of carbonyl (C=O) groups excluding carboxylic acids is 1. The Labute approximate surface area is 168 Å². The zero-order chi connectivity index (χ0) is 21.0. The van der Waals surface area contributed by atoms with Gasteiger partial charge in [-0.15, -0.1) is 0 Å². The van der Waals surface area contributed by atoms with E-state index in [1.807, 2.05) is 0 Å². The lowest BCUT2D eigenvalue weighted by atomic mass is 10.1. The molecule has 9 heteroatoms. The highest BCUT2D eigenvalue weighted by molar-refractivity contribution is 6.30. The summed E-state index contributed by atoms with van der Waals surface area (Å²) >= 11 is 5.87. The predicted molar refractivity (Wildman–Crippen MR) is 103 cm³/mol. The summed E-state index contributed by atoms with van der Waals surface area (Å²) in [7, 11) is 0. The molecule has 0 aliphatic carbocycles. The van der Waals surface area contributed by atoms with Gasteiger partial charge in [0.15, 0.2) is 0 Å². The van der Waals surface area contributed by atoms with Crippen LogP contribution in [-0.4, -0.2) is 16.1 Å². The summed E-state index contributed by atoms with van der Waals surface area (Å²) in [4.78, 5) is 12.4. The highest BCUT2D eigenvalue weighted by Gasteiger charge is 2.30. The summed E-state index contributed by atoms with van der Waals surface area (Å²) in [5.41, 5.74) is 0.478. The minimum Gasteiger partial charge on any atom is -0.321 e. The molecule has 0 radical (unpaired) electrons. The number of nitriles is 1. The van der Waals surface area contributed by atoms with Gasteiger partial charge >= 0.3 is 6.18 Å². The zero-order valence-electron chi connectivity index (χ0n) is 14.6. The smallest absolute Gasteiger partial charge is 0.321 e. The van der Waals surface area contributed by atoms with Crippen LogP contribution in [0.4, 0.5) is 18.9 Å². The summed E-state index contributed by atoms with van der Waals surface area (Å²) in [6.07, 6.45) is -1.81. The molecule has 0 saturated heterocycles. The molecule has 0 aliphatic heterocycles. The van der Waals surface area contributed by atoms with E-state index in [-0.39, 0.29) is 11.3 Å². The van der Waals surface area contributed by atoms with E-state index in [2.05, 4.69) is 15.5 Å². The van der Waals surface area contributed by atoms with Crippen LogP contribution >= 0.6 is 11.6 Å². The van der Waals surface area contributed by atoms with E-state index >= 15 is 0 Å². The number of rotatable bonds is 4. The number of hydrogen-bond acceptors (Lipinski definition) is 3. The Kier molecular flexibility index (Phi) is 5.71. The Morgan fingerprint density at radius 3 is 2.59 bits per heavy atom. The molecule has 1 aromatic heterocycles. The first kappa shape index (κ1) is 20.2. The fraction of sp³-hybridized carbons (Fsp3) is 0.0500. The van der Waals surface area contributed by atoms with Gasteiger partial charge in [0.2, 0.25) is 0 Å². The van der Waals surface area contributed by atoms with Crippen LogP contribution in [0.1, 0.15) is 11.1 Å². The number of aromatic nitrogens is 2. The maximum Gasteiger partial charge on any atom is 0.416 e. The molecule has 2 N–H and O–H groups in total. The summed E-state index contributed by atoms with van der Waals surface area (Å²) in [6, 6.07) is 12.7. The largest absolute Gasteiger partial charge is 0.416 e. The lowest BCUT2D eigenvalue weighted by molar-refractivity contribution is -0.137. The SMILES string of the molecule is N#C/C(=C\c1cn[nH]c1-c1ccc(Cl)cc1)C(=O)Nc1cccc(C(F)(F)F)c1. The number of carbonyl (C=O) groups is 1. The maximum absolute atomic E-state index is 12.8. The van der Waals surface area contributed by atoms with E-state index in [4.69, 9.17) is 11.6 Å². The van der Waals surface area contributed by atoms with Gasteiger partial charge in [-0.3, -0.25) is 9.89 Å². The molecule has 0 spiro atoms. The van der Waals surface area contributed by atoms with Crippen molar-refractivity contribution in [2.45, 2.75) is 6.18 Å². The number of H-pyrrole nitrogens is 1. The second-order valence-corrected chi connectivity index (χ2v) is 6.35. The molecule has 0 atom stereocenters. The highest BCUT2D eigenvalue weighted by Crippen LogP contribution is 2.31. The molecule has 2 aromatic carbocycles. The van der Waals surface area contributed by atoms with Crippen LogP contribution < -0.4 is 5.32 Å². The van der Waals surface area contributed by atoms with Crippen LogP contribution in [0.15, 0.2) is 60.3 Å². The number of anilines is 1. The van der Waals surface area contributed by atoms with Crippen molar-refractivity contribution >= 4 is 29.3 Å². The second-order valence-electron chi connectivity index (χ2n) is 5.91. The third kappa shape index (κ3) is 4.83. The molecule has 3 aromatic rings. The fourth-order valence-electron chi connectivity index (χ4n) is 2.53. The molecule has 0 aliphatic rings. The number of hydrogen-bond donors (Lipinski definition) is 2. The minimum atomic E-state index is -4.54. The number of aromatic amines is 1. The van der Waals surface area contributed by atoms with Gasteiger partial charge in [-0.05, 0) is 36.4 Å². The van der Waals surface area contributed by atoms with Gasteiger partial charge in [0, 0.05) is 21.8 Å². The van der Waals surface area contributed by atoms with Crippen molar-refractivity contribution < 1.29 is 18.0 Å². The molecule has 0 unspecified atom stereocenters. The van der Waals surface area contributed by atoms with E-state index in [9.17, 15) is 23.2 Å². The van der Waals surface area contributed by atoms with Crippen LogP contribution in [0.25, 0.3) is 17.3 Å². The summed E-state index contributed by atoms with van der Waals surface area (Å²) in [5.74, 6) is -0.838. The average Bonchev–Trinajstić information content (AvgIpc) is 3.14. The third-order valence-corrected chi connectivity index (χ3v) is 4.17. The standard InChI is InChI=1S/C20H12ClF3N4O/c21-16-6-4-12(5-7-16)18-14(11-26-28-18)8-13(10-25)19(29)27-17-3-1-2-15(9-17)20(22,23)24/h1-9,11H,(H,26,28)(H,27,29)/b13-8+. The van der Waals surface area contributed by atoms with Crippen molar-refractivity contribution in [3.05, 3.63) is 76.5 Å². The van der Waals surface area contributed by atoms with Gasteiger partial charge in [0.05, 0.1) is 17.5 Å². The van der Waals surface area contributed by atoms with Crippen molar-refractivity contribution in [1.29, 1.82) is 5.26 Å². The number of nitrogens with zero attached hydrogens (tertiary/aromatic N) is 2. The van der Waals surface area contributed by atoms with Gasteiger partial charge in [-0.25, -0.2) is 0 Å². The van der Waals surface area contributed by atoms with Crippen molar-refractivity contribution in [3.8, 4) is 17.3 Å². The Hall–Kier alpha value is -3.57. The molecule has 5 nitrogen and oxygen atoms in total. The van der Waals surface area contributed by atoms with Crippen LogP contribution in [0.5, 0.6) is 0 Å². The lowest BCUT2D eigenvalue weighted by Gasteiger charge is -2.09. The van der Waals surface area contributed by atoms with Gasteiger partial charge in [-0.2, -0.15) is 23.5 Å². The molecular formula is C20H12ClF3N4O. The van der Waals surface area contributed by atoms with Crippen molar-refractivity contribution in [2.24, 2.45) is 0 Å². The summed E-state index contributed by atoms with van der Waals surface area (Å²) in [6.45, 7) is 0. The van der Waals surface area contributed by atoms with Gasteiger partial charge in [0.1, 0.15) is 11.6 Å². The molecule has 0 saturated carbocycles. The molecule has 0 fully saturated rings. The van der Waals surface area contributed by atoms with Gasteiger partial charge in [-0.1, -0.05) is 29.8 Å². The predicted octanol–water partition coefficient (Wildman–Crippen LogP) is 5.29. The Balaban J connectivity index is 1.86. The zero-order valence-corrected chi connectivity index (χ0v) is 15.3. The van der Waals surface area contributed by atoms with Crippen LogP contribution in [-0.2, 0) is 11.0 Å². The number of amides is 1. The van der Waals surface area contributed by atoms with E-state index in [0.717, 1.165) is 17.7 Å². The van der Waals surface area contributed by atoms with Gasteiger partial charge < -0.3 is 5.32 Å². The van der Waals surface area contributed by atoms with Crippen LogP contribution in [0.2, 0.25) is 5.02 Å². The van der Waals surface area contributed by atoms with Crippen molar-refractivity contribution in [2.75, 3.05) is 5.32 Å². The van der Waals surface area contributed by atoms with E-state index < -0.39 is 17.6 Å². The van der Waals surface area contributed by atoms with Crippen molar-refractivity contribution in [1.82, 2.24) is 10.2 Å². The Morgan fingerprint density at radius 1 is 1.21 bits per heavy atom. The molecule has 1 amide bonds. The third-order valence-electron chi connectivity index (χ3n) is 3.91. The van der Waals surface area contributed by atoms with Crippen LogP contribution in [0, 0.1) is 11.3 Å². The quantitative estimate of drug-likeness (QED) is 0.447. The molecule has 0 bridgehead atoms. The van der Waals surface area contributed by atoms with Gasteiger partial charge in [0.25, 0.3) is 5.91 Å². The fourth-order valence-corrected chi connectivity index (χ4v) is 2.65. The monoisotopic (exact) mass is 416 g/mol. The van der Waals surface area contributed by atoms with E-state index in [0.29, 0.717) is 16.3 Å². The first-order valence-electron chi connectivity index (χ1n) is 8.17. The molecule has 3 rings (SSSR count). The summed E-state index contributed by atoms with van der Waals surface area (Å²) < 4.78 is 38.5. The van der Waals surface area contributed by atoms with E-state index in [1.165, 1.54) is 24.4 Å². The van der Waals surface area contributed by atoms with E-state index in [1.54, 1.807) is 30.3 Å². The molecule has 146 valence electrons. The first-order chi connectivity index (χ1) is 13.8. The number of alkyl halides is 3. The molecular weight excluding hydrogens is 405 g/mol. The summed E-state index contributed by atoms with van der Waals surface area (Å²) in [5, 5.41) is 18.9. The normalized spacial score (nSPS) is 11.8. The Morgan fingerprint density at radius 2 is 1.93 bits per heavy atom. The maximum atomic E-state index is 12.8. The minimum absolute atomic E-state index is 0.0731. The number of benzene rings is 2. The van der Waals surface area contributed by atoms with Crippen molar-refractivity contribution in [3.63, 3.8) is 0 Å². The first-order valence-corrected chi connectivity index (χ1v) is 8.55. The average molecular weight is 417 g/mol. The van der Waals surface area contributed by atoms with Crippen LogP contribution in [0.3, 0.4) is 0 Å². The lowest BCUT2D eigenvalue weighted by Crippen LogP contribution is -2.14. The topological polar surface area (TPSA) is 81.6 Å². The molecule has 1 heterocycles. The second kappa shape index (κ2) is 8.20. The number of nitrogens with one attached hydrogen (secondary N) is 2.